The lowest BCUT2D eigenvalue weighted by molar-refractivity contribution is 0.0687. The van der Waals surface area contributed by atoms with Crippen LogP contribution in [0.1, 0.15) is 47.9 Å². The Morgan fingerprint density at radius 2 is 1.74 bits per heavy atom. The van der Waals surface area contributed by atoms with Crippen LogP contribution in [0.2, 0.25) is 0 Å². The van der Waals surface area contributed by atoms with E-state index in [9.17, 15) is 13.2 Å². The van der Waals surface area contributed by atoms with Crippen molar-refractivity contribution in [3.05, 3.63) is 59.4 Å². The molecule has 0 bridgehead atoms. The van der Waals surface area contributed by atoms with Gasteiger partial charge in [0.15, 0.2) is 0 Å². The van der Waals surface area contributed by atoms with Crippen molar-refractivity contribution in [2.24, 2.45) is 13.0 Å². The number of amides is 1. The topological polar surface area (TPSA) is 62.6 Å². The Labute approximate surface area is 185 Å². The van der Waals surface area contributed by atoms with Crippen LogP contribution < -0.4 is 0 Å². The molecule has 3 heterocycles. The highest BCUT2D eigenvalue weighted by molar-refractivity contribution is 7.89. The second-order valence-electron chi connectivity index (χ2n) is 8.72. The van der Waals surface area contributed by atoms with Crippen molar-refractivity contribution >= 4 is 21.5 Å². The molecule has 1 aromatic heterocycles. The van der Waals surface area contributed by atoms with Crippen LogP contribution in [0.25, 0.3) is 5.57 Å². The number of likely N-dealkylation sites (tertiary alicyclic amines) is 1. The highest BCUT2D eigenvalue weighted by Crippen LogP contribution is 2.29. The smallest absolute Gasteiger partial charge is 0.270 e. The van der Waals surface area contributed by atoms with E-state index in [0.717, 1.165) is 31.5 Å². The van der Waals surface area contributed by atoms with Crippen LogP contribution >= 0.6 is 0 Å². The van der Waals surface area contributed by atoms with Gasteiger partial charge in [-0.15, -0.1) is 0 Å². The number of sulfonamides is 1. The largest absolute Gasteiger partial charge is 0.343 e. The molecule has 7 heteroatoms. The molecule has 4 rings (SSSR count). The second kappa shape index (κ2) is 8.63. The molecular formula is C24H31N3O3S. The molecule has 0 spiro atoms. The van der Waals surface area contributed by atoms with Crippen molar-refractivity contribution in [3.8, 4) is 0 Å². The van der Waals surface area contributed by atoms with Gasteiger partial charge in [-0.2, -0.15) is 4.31 Å². The number of rotatable bonds is 4. The summed E-state index contributed by atoms with van der Waals surface area (Å²) >= 11 is 0. The normalized spacial score (nSPS) is 18.8. The van der Waals surface area contributed by atoms with Gasteiger partial charge in [0, 0.05) is 38.9 Å². The summed E-state index contributed by atoms with van der Waals surface area (Å²) in [6.07, 6.45) is 4.65. The predicted molar refractivity (Wildman–Crippen MR) is 122 cm³/mol. The number of hydrogen-bond donors (Lipinski definition) is 0. The molecule has 2 aliphatic rings. The maximum atomic E-state index is 13.4. The van der Waals surface area contributed by atoms with Crippen molar-refractivity contribution in [2.75, 3.05) is 26.2 Å². The maximum Gasteiger partial charge on any atom is 0.270 e. The van der Waals surface area contributed by atoms with Crippen molar-refractivity contribution in [1.29, 1.82) is 0 Å². The van der Waals surface area contributed by atoms with E-state index in [4.69, 9.17) is 0 Å². The Bertz CT molecular complexity index is 1090. The van der Waals surface area contributed by atoms with Gasteiger partial charge in [-0.25, -0.2) is 8.42 Å². The summed E-state index contributed by atoms with van der Waals surface area (Å²) in [4.78, 5) is 15.2. The first-order chi connectivity index (χ1) is 14.8. The maximum absolute atomic E-state index is 13.4. The number of nitrogens with zero attached hydrogens (tertiary/aromatic N) is 3. The molecule has 0 N–H and O–H groups in total. The number of hydrogen-bond acceptors (Lipinski definition) is 3. The van der Waals surface area contributed by atoms with Crippen LogP contribution in [-0.4, -0.2) is 54.3 Å². The van der Waals surface area contributed by atoms with Gasteiger partial charge in [0.05, 0.1) is 0 Å². The van der Waals surface area contributed by atoms with Crippen LogP contribution in [0, 0.1) is 12.8 Å². The highest BCUT2D eigenvalue weighted by atomic mass is 32.2. The van der Waals surface area contributed by atoms with Crippen LogP contribution in [0.4, 0.5) is 0 Å². The van der Waals surface area contributed by atoms with Gasteiger partial charge in [-0.05, 0) is 49.3 Å². The fourth-order valence-corrected chi connectivity index (χ4v) is 6.09. The van der Waals surface area contributed by atoms with Gasteiger partial charge >= 0.3 is 0 Å². The summed E-state index contributed by atoms with van der Waals surface area (Å²) in [7, 11) is -1.90. The molecule has 1 aromatic carbocycles. The Morgan fingerprint density at radius 1 is 1.06 bits per heavy atom. The zero-order chi connectivity index (χ0) is 22.2. The summed E-state index contributed by atoms with van der Waals surface area (Å²) in [5.41, 5.74) is 3.36. The van der Waals surface area contributed by atoms with E-state index in [2.05, 4.69) is 19.1 Å². The highest BCUT2D eigenvalue weighted by Gasteiger charge is 2.32. The fourth-order valence-electron chi connectivity index (χ4n) is 4.43. The van der Waals surface area contributed by atoms with Gasteiger partial charge in [-0.1, -0.05) is 43.3 Å². The SMILES string of the molecule is Cc1c(S(=O)(=O)N2CC=C(c3ccccc3)CC2)cc(C(=O)N2CCC(C)CC2)n1C. The lowest BCUT2D eigenvalue weighted by Gasteiger charge is -2.30. The first-order valence-electron chi connectivity index (χ1n) is 11.0. The third kappa shape index (κ3) is 4.21. The third-order valence-corrected chi connectivity index (χ3v) is 8.69. The molecule has 2 aromatic rings. The zero-order valence-electron chi connectivity index (χ0n) is 18.5. The number of carbonyl (C=O) groups excluding carboxylic acids is 1. The quantitative estimate of drug-likeness (QED) is 0.727. The van der Waals surface area contributed by atoms with Crippen molar-refractivity contribution in [2.45, 2.75) is 38.0 Å². The minimum absolute atomic E-state index is 0.0798. The van der Waals surface area contributed by atoms with E-state index < -0.39 is 10.0 Å². The lowest BCUT2D eigenvalue weighted by atomic mass is 9.99. The van der Waals surface area contributed by atoms with Gasteiger partial charge in [0.2, 0.25) is 10.0 Å². The van der Waals surface area contributed by atoms with Crippen LogP contribution in [-0.2, 0) is 17.1 Å². The van der Waals surface area contributed by atoms with Gasteiger partial charge in [0.25, 0.3) is 5.91 Å². The van der Waals surface area contributed by atoms with Crippen molar-refractivity contribution < 1.29 is 13.2 Å². The Balaban J connectivity index is 1.56. The second-order valence-corrected chi connectivity index (χ2v) is 10.6. The van der Waals surface area contributed by atoms with Crippen LogP contribution in [0.3, 0.4) is 0 Å². The first-order valence-corrected chi connectivity index (χ1v) is 12.4. The van der Waals surface area contributed by atoms with E-state index in [0.29, 0.717) is 36.8 Å². The number of piperidine rings is 1. The molecule has 1 fully saturated rings. The molecule has 31 heavy (non-hydrogen) atoms. The van der Waals surface area contributed by atoms with E-state index in [1.54, 1.807) is 24.6 Å². The molecule has 0 unspecified atom stereocenters. The minimum Gasteiger partial charge on any atom is -0.343 e. The zero-order valence-corrected chi connectivity index (χ0v) is 19.4. The summed E-state index contributed by atoms with van der Waals surface area (Å²) < 4.78 is 30.1. The van der Waals surface area contributed by atoms with E-state index >= 15 is 0 Å². The molecule has 0 saturated carbocycles. The van der Waals surface area contributed by atoms with Crippen LogP contribution in [0.5, 0.6) is 0 Å². The molecule has 1 saturated heterocycles. The molecule has 0 radical (unpaired) electrons. The molecule has 2 aliphatic heterocycles. The van der Waals surface area contributed by atoms with Crippen molar-refractivity contribution in [3.63, 3.8) is 0 Å². The molecule has 1 amide bonds. The minimum atomic E-state index is -3.68. The number of benzene rings is 1. The molecule has 166 valence electrons. The summed E-state index contributed by atoms with van der Waals surface area (Å²) in [5, 5.41) is 0. The average molecular weight is 442 g/mol. The predicted octanol–water partition coefficient (Wildman–Crippen LogP) is 3.68. The summed E-state index contributed by atoms with van der Waals surface area (Å²) in [6.45, 7) is 6.21. The molecule has 0 atom stereocenters. The Kier molecular flexibility index (Phi) is 6.08. The third-order valence-electron chi connectivity index (χ3n) is 6.71. The summed E-state index contributed by atoms with van der Waals surface area (Å²) in [6, 6.07) is 11.6. The van der Waals surface area contributed by atoms with Crippen molar-refractivity contribution in [1.82, 2.24) is 13.8 Å². The molecule has 0 aliphatic carbocycles. The van der Waals surface area contributed by atoms with Gasteiger partial charge in [0.1, 0.15) is 10.6 Å². The average Bonchev–Trinajstić information content (AvgIpc) is 3.10. The monoisotopic (exact) mass is 441 g/mol. The number of carbonyl (C=O) groups is 1. The Morgan fingerprint density at radius 3 is 2.35 bits per heavy atom. The van der Waals surface area contributed by atoms with E-state index in [-0.39, 0.29) is 10.8 Å². The molecular weight excluding hydrogens is 410 g/mol. The first kappa shape index (κ1) is 21.8. The lowest BCUT2D eigenvalue weighted by Crippen LogP contribution is -2.38. The summed E-state index contributed by atoms with van der Waals surface area (Å²) in [5.74, 6) is 0.548. The fraction of sp³-hybridized carbons (Fsp3) is 0.458. The van der Waals surface area contributed by atoms with Gasteiger partial charge < -0.3 is 9.47 Å². The van der Waals surface area contributed by atoms with Gasteiger partial charge in [-0.3, -0.25) is 4.79 Å². The van der Waals surface area contributed by atoms with Crippen LogP contribution in [0.15, 0.2) is 47.4 Å². The Hall–Kier alpha value is -2.38. The standard InChI is InChI=1S/C24H31N3O3S/c1-18-9-13-26(14-10-18)24(28)22-17-23(19(2)25(22)3)31(29,30)27-15-11-21(12-16-27)20-7-5-4-6-8-20/h4-8,11,17-18H,9-10,12-16H2,1-3H3. The number of aromatic nitrogens is 1. The molecule has 6 nitrogen and oxygen atoms in total. The van der Waals surface area contributed by atoms with E-state index in [1.807, 2.05) is 29.2 Å². The van der Waals surface area contributed by atoms with E-state index in [1.165, 1.54) is 9.88 Å².